The van der Waals surface area contributed by atoms with Crippen molar-refractivity contribution in [1.29, 1.82) is 0 Å². The van der Waals surface area contributed by atoms with Gasteiger partial charge in [0.25, 0.3) is 0 Å². The third-order valence-corrected chi connectivity index (χ3v) is 2.95. The average Bonchev–Trinajstić information content (AvgIpc) is 2.40. The number of aliphatic hydroxyl groups excluding tert-OH is 2. The van der Waals surface area contributed by atoms with Crippen LogP contribution in [-0.4, -0.2) is 47.1 Å². The molecule has 0 saturated heterocycles. The van der Waals surface area contributed by atoms with E-state index in [9.17, 15) is 19.8 Å². The molecule has 0 aliphatic rings. The fourth-order valence-electron chi connectivity index (χ4n) is 1.37. The van der Waals surface area contributed by atoms with Crippen molar-refractivity contribution >= 4 is 11.9 Å². The van der Waals surface area contributed by atoms with Crippen LogP contribution in [0.15, 0.2) is 0 Å². The van der Waals surface area contributed by atoms with Gasteiger partial charge in [-0.3, -0.25) is 9.59 Å². The Morgan fingerprint density at radius 1 is 1.04 bits per heavy atom. The van der Waals surface area contributed by atoms with Crippen LogP contribution in [0.3, 0.4) is 0 Å². The predicted molar refractivity (Wildman–Crippen MR) is 85.2 cm³/mol. The number of ether oxygens (including phenoxy) is 2. The van der Waals surface area contributed by atoms with Crippen LogP contribution in [0, 0.1) is 23.2 Å². The minimum absolute atomic E-state index is 0.146. The maximum atomic E-state index is 12.0. The molecule has 0 aliphatic heterocycles. The summed E-state index contributed by atoms with van der Waals surface area (Å²) < 4.78 is 10.2. The van der Waals surface area contributed by atoms with E-state index in [1.54, 1.807) is 41.5 Å². The van der Waals surface area contributed by atoms with Crippen molar-refractivity contribution in [1.82, 2.24) is 0 Å². The quantitative estimate of drug-likeness (QED) is 0.563. The van der Waals surface area contributed by atoms with Crippen LogP contribution in [-0.2, 0) is 19.1 Å². The Kier molecular flexibility index (Phi) is 7.75. The lowest BCUT2D eigenvalue weighted by Gasteiger charge is -2.28. The normalized spacial score (nSPS) is 16.0. The highest BCUT2D eigenvalue weighted by molar-refractivity contribution is 5.76. The van der Waals surface area contributed by atoms with E-state index < -0.39 is 41.1 Å². The van der Waals surface area contributed by atoms with E-state index in [1.165, 1.54) is 0 Å². The molecule has 0 saturated carbocycles. The first-order valence-corrected chi connectivity index (χ1v) is 7.49. The van der Waals surface area contributed by atoms with Crippen LogP contribution < -0.4 is 0 Å². The molecule has 0 rings (SSSR count). The Hall–Kier alpha value is -1.58. The summed E-state index contributed by atoms with van der Waals surface area (Å²) in [5.74, 6) is 1.06. The molecule has 0 aromatic carbocycles. The molecule has 132 valence electrons. The van der Waals surface area contributed by atoms with Crippen molar-refractivity contribution in [3.05, 3.63) is 0 Å². The number of hydrogen-bond donors (Lipinski definition) is 2. The van der Waals surface area contributed by atoms with Gasteiger partial charge in [-0.05, 0) is 41.5 Å². The van der Waals surface area contributed by atoms with E-state index in [4.69, 9.17) is 15.9 Å². The van der Waals surface area contributed by atoms with Gasteiger partial charge in [0.15, 0.2) is 0 Å². The van der Waals surface area contributed by atoms with E-state index in [0.717, 1.165) is 0 Å². The molecular weight excluding hydrogens is 300 g/mol. The molecule has 3 atom stereocenters. The van der Waals surface area contributed by atoms with Gasteiger partial charge in [-0.2, -0.15) is 0 Å². The lowest BCUT2D eigenvalue weighted by molar-refractivity contribution is -0.172. The molecule has 23 heavy (non-hydrogen) atoms. The van der Waals surface area contributed by atoms with Crippen molar-refractivity contribution < 1.29 is 29.3 Å². The minimum Gasteiger partial charge on any atom is -0.462 e. The van der Waals surface area contributed by atoms with E-state index in [-0.39, 0.29) is 13.0 Å². The highest BCUT2D eigenvalue weighted by atomic mass is 16.6. The standard InChI is InChI=1S/C17H28O6/c1-8-11(18)9-13(23-15(21)17(5,6)7)12(19)10-22-14(20)16(2,3)4/h1,11-13,18-19H,9-10H2,2-7H3. The first-order chi connectivity index (χ1) is 10.3. The zero-order valence-corrected chi connectivity index (χ0v) is 14.8. The van der Waals surface area contributed by atoms with Gasteiger partial charge in [-0.25, -0.2) is 0 Å². The SMILES string of the molecule is C#CC(O)CC(OC(=O)C(C)(C)C)C(O)COC(=O)C(C)(C)C. The molecule has 0 amide bonds. The Labute approximate surface area is 138 Å². The summed E-state index contributed by atoms with van der Waals surface area (Å²) in [4.78, 5) is 23.7. The zero-order valence-electron chi connectivity index (χ0n) is 14.8. The lowest BCUT2D eigenvalue weighted by atomic mass is 9.96. The summed E-state index contributed by atoms with van der Waals surface area (Å²) >= 11 is 0. The Balaban J connectivity index is 4.89. The van der Waals surface area contributed by atoms with Gasteiger partial charge < -0.3 is 19.7 Å². The molecule has 0 heterocycles. The second-order valence-corrected chi connectivity index (χ2v) is 7.53. The molecule has 0 aromatic rings. The van der Waals surface area contributed by atoms with Gasteiger partial charge in [-0.15, -0.1) is 6.42 Å². The van der Waals surface area contributed by atoms with Crippen LogP contribution in [0.5, 0.6) is 0 Å². The maximum Gasteiger partial charge on any atom is 0.311 e. The molecule has 0 fully saturated rings. The summed E-state index contributed by atoms with van der Waals surface area (Å²) in [6, 6.07) is 0. The lowest BCUT2D eigenvalue weighted by Crippen LogP contribution is -2.41. The Bertz CT molecular complexity index is 449. The fraction of sp³-hybridized carbons (Fsp3) is 0.765. The number of carbonyl (C=O) groups is 2. The first-order valence-electron chi connectivity index (χ1n) is 7.49. The monoisotopic (exact) mass is 328 g/mol. The Morgan fingerprint density at radius 2 is 1.52 bits per heavy atom. The fourth-order valence-corrected chi connectivity index (χ4v) is 1.37. The van der Waals surface area contributed by atoms with E-state index in [0.29, 0.717) is 0 Å². The number of aliphatic hydroxyl groups is 2. The predicted octanol–water partition coefficient (Wildman–Crippen LogP) is 1.28. The van der Waals surface area contributed by atoms with Crippen LogP contribution in [0.2, 0.25) is 0 Å². The molecular formula is C17H28O6. The summed E-state index contributed by atoms with van der Waals surface area (Å²) in [6.07, 6.45) is 1.43. The van der Waals surface area contributed by atoms with Gasteiger partial charge >= 0.3 is 11.9 Å². The molecule has 6 nitrogen and oxygen atoms in total. The van der Waals surface area contributed by atoms with Crippen molar-refractivity contribution in [3.63, 3.8) is 0 Å². The number of esters is 2. The minimum atomic E-state index is -1.28. The highest BCUT2D eigenvalue weighted by Gasteiger charge is 2.32. The van der Waals surface area contributed by atoms with Crippen LogP contribution in [0.1, 0.15) is 48.0 Å². The molecule has 0 aromatic heterocycles. The third-order valence-electron chi connectivity index (χ3n) is 2.95. The first kappa shape index (κ1) is 21.4. The summed E-state index contributed by atoms with van der Waals surface area (Å²) in [5, 5.41) is 19.7. The van der Waals surface area contributed by atoms with Gasteiger partial charge in [0.2, 0.25) is 0 Å². The van der Waals surface area contributed by atoms with Gasteiger partial charge in [0, 0.05) is 6.42 Å². The third kappa shape index (κ3) is 8.00. The molecule has 2 N–H and O–H groups in total. The largest absolute Gasteiger partial charge is 0.462 e. The topological polar surface area (TPSA) is 93.1 Å². The van der Waals surface area contributed by atoms with Crippen molar-refractivity contribution in [2.24, 2.45) is 10.8 Å². The summed E-state index contributed by atoms with van der Waals surface area (Å²) in [6.45, 7) is 9.68. The molecule has 0 radical (unpaired) electrons. The molecule has 3 unspecified atom stereocenters. The van der Waals surface area contributed by atoms with Crippen molar-refractivity contribution in [3.8, 4) is 12.3 Å². The zero-order chi connectivity index (χ0) is 18.4. The van der Waals surface area contributed by atoms with Crippen molar-refractivity contribution in [2.45, 2.75) is 66.3 Å². The highest BCUT2D eigenvalue weighted by Crippen LogP contribution is 2.20. The molecule has 0 bridgehead atoms. The van der Waals surface area contributed by atoms with Crippen LogP contribution >= 0.6 is 0 Å². The van der Waals surface area contributed by atoms with Gasteiger partial charge in [0.05, 0.1) is 10.8 Å². The molecule has 0 aliphatic carbocycles. The van der Waals surface area contributed by atoms with E-state index >= 15 is 0 Å². The van der Waals surface area contributed by atoms with Crippen LogP contribution in [0.4, 0.5) is 0 Å². The van der Waals surface area contributed by atoms with E-state index in [2.05, 4.69) is 5.92 Å². The van der Waals surface area contributed by atoms with E-state index in [1.807, 2.05) is 0 Å². The van der Waals surface area contributed by atoms with Crippen molar-refractivity contribution in [2.75, 3.05) is 6.61 Å². The smallest absolute Gasteiger partial charge is 0.311 e. The second kappa shape index (κ2) is 8.32. The number of terminal acetylenes is 1. The number of hydrogen-bond acceptors (Lipinski definition) is 6. The van der Waals surface area contributed by atoms with Gasteiger partial charge in [-0.1, -0.05) is 5.92 Å². The van der Waals surface area contributed by atoms with Crippen LogP contribution in [0.25, 0.3) is 0 Å². The average molecular weight is 328 g/mol. The van der Waals surface area contributed by atoms with Gasteiger partial charge in [0.1, 0.15) is 24.9 Å². The maximum absolute atomic E-state index is 12.0. The second-order valence-electron chi connectivity index (χ2n) is 7.53. The number of carbonyl (C=O) groups excluding carboxylic acids is 2. The Morgan fingerprint density at radius 3 is 1.91 bits per heavy atom. The summed E-state index contributed by atoms with van der Waals surface area (Å²) in [5.41, 5.74) is -1.49. The summed E-state index contributed by atoms with van der Waals surface area (Å²) in [7, 11) is 0. The number of rotatable bonds is 6. The molecule has 0 spiro atoms. The molecule has 6 heteroatoms.